The van der Waals surface area contributed by atoms with Gasteiger partial charge in [0.25, 0.3) is 5.91 Å². The maximum absolute atomic E-state index is 12.8. The Hall–Kier alpha value is -3.68. The number of aromatic nitrogens is 3. The summed E-state index contributed by atoms with van der Waals surface area (Å²) in [4.78, 5) is 30.4. The average Bonchev–Trinajstić information content (AvgIpc) is 3.35. The van der Waals surface area contributed by atoms with Crippen molar-refractivity contribution >= 4 is 23.4 Å². The number of ether oxygens (including phenoxy) is 1. The predicted octanol–water partition coefficient (Wildman–Crippen LogP) is 3.04. The third kappa shape index (κ3) is 3.32. The molecule has 1 aliphatic rings. The summed E-state index contributed by atoms with van der Waals surface area (Å²) in [5.74, 6) is 0.396. The van der Waals surface area contributed by atoms with Crippen LogP contribution < -0.4 is 10.2 Å². The van der Waals surface area contributed by atoms with Gasteiger partial charge in [-0.3, -0.25) is 9.69 Å². The van der Waals surface area contributed by atoms with Crippen LogP contribution in [0.5, 0.6) is 0 Å². The number of hydrogen-bond donors (Lipinski definition) is 1. The Labute approximate surface area is 161 Å². The minimum atomic E-state index is -0.381. The van der Waals surface area contributed by atoms with Gasteiger partial charge in [-0.05, 0) is 36.8 Å². The number of hydrogen-bond acceptors (Lipinski definition) is 5. The number of cyclic esters (lactones) is 1. The van der Waals surface area contributed by atoms with E-state index in [4.69, 9.17) is 4.74 Å². The van der Waals surface area contributed by atoms with Crippen LogP contribution in [0.2, 0.25) is 0 Å². The van der Waals surface area contributed by atoms with Crippen molar-refractivity contribution in [1.82, 2.24) is 14.8 Å². The van der Waals surface area contributed by atoms with Crippen LogP contribution in [-0.2, 0) is 11.2 Å². The summed E-state index contributed by atoms with van der Waals surface area (Å²) in [5.41, 5.74) is 2.53. The van der Waals surface area contributed by atoms with Crippen LogP contribution in [0.25, 0.3) is 5.82 Å². The van der Waals surface area contributed by atoms with Crippen LogP contribution in [0, 0.1) is 0 Å². The van der Waals surface area contributed by atoms with Gasteiger partial charge in [-0.15, -0.1) is 0 Å². The monoisotopic (exact) mass is 377 g/mol. The molecular weight excluding hydrogens is 358 g/mol. The summed E-state index contributed by atoms with van der Waals surface area (Å²) in [5, 5.41) is 7.22. The first-order chi connectivity index (χ1) is 13.7. The molecule has 0 bridgehead atoms. The third-order valence-electron chi connectivity index (χ3n) is 4.49. The number of nitrogens with zero attached hydrogens (tertiary/aromatic N) is 4. The maximum atomic E-state index is 12.8. The van der Waals surface area contributed by atoms with Gasteiger partial charge < -0.3 is 10.1 Å². The minimum Gasteiger partial charge on any atom is -0.447 e. The van der Waals surface area contributed by atoms with Crippen molar-refractivity contribution in [2.45, 2.75) is 13.3 Å². The van der Waals surface area contributed by atoms with E-state index in [9.17, 15) is 9.59 Å². The lowest BCUT2D eigenvalue weighted by molar-refractivity contribution is 0.102. The van der Waals surface area contributed by atoms with Crippen LogP contribution in [0.4, 0.5) is 16.2 Å². The SMILES string of the molecule is CCc1c(C(=O)Nc2cccc(N3CCOC3=O)c2)cnn1-c1ccccn1. The molecule has 1 saturated heterocycles. The van der Waals surface area contributed by atoms with E-state index in [0.29, 0.717) is 42.3 Å². The van der Waals surface area contributed by atoms with Gasteiger partial charge >= 0.3 is 6.09 Å². The maximum Gasteiger partial charge on any atom is 0.414 e. The molecule has 1 aliphatic heterocycles. The van der Waals surface area contributed by atoms with Crippen molar-refractivity contribution in [3.8, 4) is 5.82 Å². The molecule has 28 heavy (non-hydrogen) atoms. The molecular formula is C20H19N5O3. The number of benzene rings is 1. The number of carbonyl (C=O) groups excluding carboxylic acids is 2. The van der Waals surface area contributed by atoms with Gasteiger partial charge in [0.1, 0.15) is 6.61 Å². The standard InChI is InChI=1S/C20H19N5O3/c1-2-17-16(13-22-25(17)18-8-3-4-9-21-18)19(26)23-14-6-5-7-15(12-14)24-10-11-28-20(24)27/h3-9,12-13H,2,10-11H2,1H3,(H,23,26). The molecule has 0 atom stereocenters. The van der Waals surface area contributed by atoms with Crippen LogP contribution in [0.1, 0.15) is 23.0 Å². The van der Waals surface area contributed by atoms with E-state index in [1.165, 1.54) is 4.90 Å². The molecule has 142 valence electrons. The number of nitrogens with one attached hydrogen (secondary N) is 1. The molecule has 0 aliphatic carbocycles. The van der Waals surface area contributed by atoms with E-state index in [2.05, 4.69) is 15.4 Å². The number of amides is 2. The minimum absolute atomic E-state index is 0.264. The lowest BCUT2D eigenvalue weighted by atomic mass is 10.2. The van der Waals surface area contributed by atoms with Gasteiger partial charge in [-0.1, -0.05) is 19.1 Å². The Morgan fingerprint density at radius 2 is 2.14 bits per heavy atom. The highest BCUT2D eigenvalue weighted by Crippen LogP contribution is 2.23. The molecule has 0 saturated carbocycles. The van der Waals surface area contributed by atoms with Gasteiger partial charge in [0.05, 0.1) is 24.0 Å². The molecule has 3 aromatic rings. The fourth-order valence-corrected chi connectivity index (χ4v) is 3.16. The summed E-state index contributed by atoms with van der Waals surface area (Å²) in [6.45, 7) is 2.82. The van der Waals surface area contributed by atoms with Crippen molar-refractivity contribution in [3.05, 3.63) is 66.1 Å². The summed E-state index contributed by atoms with van der Waals surface area (Å²) < 4.78 is 6.64. The molecule has 1 aromatic carbocycles. The summed E-state index contributed by atoms with van der Waals surface area (Å²) in [6.07, 6.45) is 3.47. The molecule has 1 fully saturated rings. The van der Waals surface area contributed by atoms with Crippen molar-refractivity contribution < 1.29 is 14.3 Å². The van der Waals surface area contributed by atoms with E-state index in [1.807, 2.05) is 25.1 Å². The molecule has 2 amide bonds. The second-order valence-electron chi connectivity index (χ2n) is 6.23. The summed E-state index contributed by atoms with van der Waals surface area (Å²) in [7, 11) is 0. The zero-order chi connectivity index (χ0) is 19.5. The fourth-order valence-electron chi connectivity index (χ4n) is 3.16. The number of rotatable bonds is 5. The topological polar surface area (TPSA) is 89.4 Å². The van der Waals surface area contributed by atoms with Crippen LogP contribution in [-0.4, -0.2) is 39.9 Å². The largest absolute Gasteiger partial charge is 0.447 e. The lowest BCUT2D eigenvalue weighted by Crippen LogP contribution is -2.23. The first kappa shape index (κ1) is 17.7. The first-order valence-electron chi connectivity index (χ1n) is 9.01. The number of anilines is 2. The molecule has 0 spiro atoms. The molecule has 4 rings (SSSR count). The lowest BCUT2D eigenvalue weighted by Gasteiger charge is -2.14. The van der Waals surface area contributed by atoms with Crippen molar-refractivity contribution in [2.75, 3.05) is 23.4 Å². The number of pyridine rings is 1. The predicted molar refractivity (Wildman–Crippen MR) is 104 cm³/mol. The van der Waals surface area contributed by atoms with Gasteiger partial charge in [0.2, 0.25) is 0 Å². The third-order valence-corrected chi connectivity index (χ3v) is 4.49. The van der Waals surface area contributed by atoms with E-state index >= 15 is 0 Å². The highest BCUT2D eigenvalue weighted by molar-refractivity contribution is 6.05. The zero-order valence-electron chi connectivity index (χ0n) is 15.3. The Balaban J connectivity index is 1.58. The quantitative estimate of drug-likeness (QED) is 0.738. The molecule has 0 radical (unpaired) electrons. The van der Waals surface area contributed by atoms with Gasteiger partial charge in [-0.2, -0.15) is 5.10 Å². The molecule has 2 aromatic heterocycles. The smallest absolute Gasteiger partial charge is 0.414 e. The molecule has 8 nitrogen and oxygen atoms in total. The molecule has 3 heterocycles. The van der Waals surface area contributed by atoms with E-state index in [0.717, 1.165) is 5.69 Å². The Morgan fingerprint density at radius 1 is 1.25 bits per heavy atom. The van der Waals surface area contributed by atoms with Crippen molar-refractivity contribution in [3.63, 3.8) is 0 Å². The summed E-state index contributed by atoms with van der Waals surface area (Å²) >= 11 is 0. The zero-order valence-corrected chi connectivity index (χ0v) is 15.3. The van der Waals surface area contributed by atoms with Crippen LogP contribution in [0.3, 0.4) is 0 Å². The highest BCUT2D eigenvalue weighted by Gasteiger charge is 2.24. The van der Waals surface area contributed by atoms with Crippen molar-refractivity contribution in [1.29, 1.82) is 0 Å². The Morgan fingerprint density at radius 3 is 2.86 bits per heavy atom. The van der Waals surface area contributed by atoms with E-state index in [-0.39, 0.29) is 12.0 Å². The second-order valence-corrected chi connectivity index (χ2v) is 6.23. The fraction of sp³-hybridized carbons (Fsp3) is 0.200. The molecule has 1 N–H and O–H groups in total. The highest BCUT2D eigenvalue weighted by atomic mass is 16.6. The Bertz CT molecular complexity index is 1020. The van der Waals surface area contributed by atoms with Crippen LogP contribution in [0.15, 0.2) is 54.9 Å². The second kappa shape index (κ2) is 7.51. The van der Waals surface area contributed by atoms with Crippen LogP contribution >= 0.6 is 0 Å². The van der Waals surface area contributed by atoms with Crippen molar-refractivity contribution in [2.24, 2.45) is 0 Å². The Kier molecular flexibility index (Phi) is 4.76. The molecule has 8 heteroatoms. The first-order valence-corrected chi connectivity index (χ1v) is 9.01. The van der Waals surface area contributed by atoms with Gasteiger partial charge in [-0.25, -0.2) is 14.5 Å². The van der Waals surface area contributed by atoms with E-state index in [1.54, 1.807) is 41.3 Å². The van der Waals surface area contributed by atoms with E-state index < -0.39 is 0 Å². The molecule has 0 unspecified atom stereocenters. The van der Waals surface area contributed by atoms with Gasteiger partial charge in [0.15, 0.2) is 5.82 Å². The normalized spacial score (nSPS) is 13.5. The average molecular weight is 377 g/mol. The number of carbonyl (C=O) groups is 2. The van der Waals surface area contributed by atoms with Gasteiger partial charge in [0, 0.05) is 17.6 Å². The summed E-state index contributed by atoms with van der Waals surface area (Å²) in [6, 6.07) is 12.7.